The third kappa shape index (κ3) is 7.07. The van der Waals surface area contributed by atoms with Crippen LogP contribution in [0.4, 0.5) is 4.79 Å². The van der Waals surface area contributed by atoms with Gasteiger partial charge in [0, 0.05) is 32.8 Å². The number of rotatable bonds is 5. The quantitative estimate of drug-likeness (QED) is 0.473. The molecule has 3 aliphatic heterocycles. The normalized spacial score (nSPS) is 25.8. The summed E-state index contributed by atoms with van der Waals surface area (Å²) in [7, 11) is 0. The Bertz CT molecular complexity index is 634. The second-order valence-corrected chi connectivity index (χ2v) is 9.48. The first-order chi connectivity index (χ1) is 14.7. The smallest absolute Gasteiger partial charge is 0.410 e. The van der Waals surface area contributed by atoms with Crippen molar-refractivity contribution in [2.24, 2.45) is 11.8 Å². The molecule has 9 heteroatoms. The summed E-state index contributed by atoms with van der Waals surface area (Å²) in [5, 5.41) is 0. The zero-order valence-corrected chi connectivity index (χ0v) is 18.8. The van der Waals surface area contributed by atoms with Crippen LogP contribution in [0, 0.1) is 11.8 Å². The Morgan fingerprint density at radius 1 is 0.903 bits per heavy atom. The molecule has 3 fully saturated rings. The number of carbonyl (C=O) groups excluding carboxylic acids is 3. The first-order valence-electron chi connectivity index (χ1n) is 11.2. The maximum Gasteiger partial charge on any atom is 0.410 e. The molecule has 3 aliphatic rings. The van der Waals surface area contributed by atoms with Crippen molar-refractivity contribution in [3.8, 4) is 0 Å². The highest BCUT2D eigenvalue weighted by Crippen LogP contribution is 2.26. The van der Waals surface area contributed by atoms with Gasteiger partial charge in [-0.2, -0.15) is 0 Å². The van der Waals surface area contributed by atoms with Crippen LogP contribution in [0.2, 0.25) is 0 Å². The topological polar surface area (TPSA) is 101 Å². The van der Waals surface area contributed by atoms with Gasteiger partial charge in [-0.15, -0.1) is 0 Å². The molecule has 3 saturated heterocycles. The second-order valence-electron chi connectivity index (χ2n) is 9.48. The van der Waals surface area contributed by atoms with Crippen molar-refractivity contribution in [3.63, 3.8) is 0 Å². The minimum atomic E-state index is -0.655. The van der Waals surface area contributed by atoms with Crippen LogP contribution in [-0.4, -0.2) is 80.3 Å². The van der Waals surface area contributed by atoms with Crippen LogP contribution in [0.15, 0.2) is 0 Å². The largest absolute Gasteiger partial charge is 0.463 e. The monoisotopic (exact) mass is 441 g/mol. The molecule has 0 spiro atoms. The van der Waals surface area contributed by atoms with Gasteiger partial charge in [-0.05, 0) is 46.5 Å². The first kappa shape index (κ1) is 23.8. The van der Waals surface area contributed by atoms with Gasteiger partial charge in [0.2, 0.25) is 0 Å². The molecule has 0 aromatic rings. The molecule has 31 heavy (non-hydrogen) atoms. The van der Waals surface area contributed by atoms with Gasteiger partial charge in [-0.25, -0.2) is 4.79 Å². The van der Waals surface area contributed by atoms with E-state index in [1.165, 1.54) is 4.90 Å². The van der Waals surface area contributed by atoms with E-state index in [0.717, 1.165) is 0 Å². The fourth-order valence-corrected chi connectivity index (χ4v) is 4.08. The van der Waals surface area contributed by atoms with Crippen LogP contribution >= 0.6 is 0 Å². The highest BCUT2D eigenvalue weighted by Gasteiger charge is 2.41. The van der Waals surface area contributed by atoms with Gasteiger partial charge in [0.15, 0.2) is 0 Å². The molecule has 1 amide bonds. The molecule has 0 aromatic carbocycles. The summed E-state index contributed by atoms with van der Waals surface area (Å²) in [5.41, 5.74) is -0.655. The molecule has 0 radical (unpaired) electrons. The van der Waals surface area contributed by atoms with Gasteiger partial charge in [-0.1, -0.05) is 0 Å². The lowest BCUT2D eigenvalue weighted by atomic mass is 10.0. The van der Waals surface area contributed by atoms with Crippen LogP contribution in [-0.2, 0) is 33.3 Å². The van der Waals surface area contributed by atoms with Gasteiger partial charge in [-0.3, -0.25) is 14.5 Å². The molecular weight excluding hydrogens is 406 g/mol. The van der Waals surface area contributed by atoms with Gasteiger partial charge in [0.25, 0.3) is 0 Å². The predicted octanol–water partition coefficient (Wildman–Crippen LogP) is 2.30. The molecule has 0 aliphatic carbocycles. The maximum atomic E-state index is 12.7. The van der Waals surface area contributed by atoms with Crippen molar-refractivity contribution in [1.29, 1.82) is 0 Å². The van der Waals surface area contributed by atoms with Gasteiger partial charge in [0.05, 0.1) is 24.4 Å². The number of esters is 2. The number of likely N-dealkylation sites (tertiary alicyclic amines) is 1. The summed E-state index contributed by atoms with van der Waals surface area (Å²) < 4.78 is 27.4. The van der Waals surface area contributed by atoms with E-state index >= 15 is 0 Å². The van der Waals surface area contributed by atoms with E-state index < -0.39 is 23.8 Å². The van der Waals surface area contributed by atoms with Crippen LogP contribution in [0.1, 0.15) is 52.9 Å². The molecule has 3 rings (SSSR count). The Hall–Kier alpha value is -1.87. The number of amides is 1. The summed E-state index contributed by atoms with van der Waals surface area (Å²) in [6, 6.07) is -0.397. The SMILES string of the molecule is CC(C)(C)OC(=O)N1C[C@H](OC(=O)C2CCOCC2)CC1COC(=O)C1CCOCC1. The summed E-state index contributed by atoms with van der Waals surface area (Å²) in [6.07, 6.45) is 2.05. The molecule has 0 N–H and O–H groups in total. The van der Waals surface area contributed by atoms with E-state index in [0.29, 0.717) is 58.5 Å². The Morgan fingerprint density at radius 2 is 1.45 bits per heavy atom. The first-order valence-corrected chi connectivity index (χ1v) is 11.2. The van der Waals surface area contributed by atoms with E-state index in [-0.39, 0.29) is 36.9 Å². The number of carbonyl (C=O) groups is 3. The Balaban J connectivity index is 1.58. The maximum absolute atomic E-state index is 12.7. The molecule has 0 aromatic heterocycles. The van der Waals surface area contributed by atoms with Gasteiger partial charge >= 0.3 is 18.0 Å². The highest BCUT2D eigenvalue weighted by molar-refractivity contribution is 5.74. The number of ether oxygens (including phenoxy) is 5. The summed E-state index contributed by atoms with van der Waals surface area (Å²) in [4.78, 5) is 39.2. The fraction of sp³-hybridized carbons (Fsp3) is 0.864. The second kappa shape index (κ2) is 10.6. The summed E-state index contributed by atoms with van der Waals surface area (Å²) in [6.45, 7) is 7.88. The lowest BCUT2D eigenvalue weighted by molar-refractivity contribution is -0.157. The zero-order valence-electron chi connectivity index (χ0n) is 18.8. The van der Waals surface area contributed by atoms with Crippen molar-refractivity contribution >= 4 is 18.0 Å². The van der Waals surface area contributed by atoms with Crippen LogP contribution < -0.4 is 0 Å². The standard InChI is InChI=1S/C22H35NO8/c1-22(2,3)31-21(26)23-13-18(30-20(25)16-6-10-28-11-7-16)12-17(23)14-29-19(24)15-4-8-27-9-5-15/h15-18H,4-14H2,1-3H3/t17?,18-/m1/s1. The third-order valence-corrected chi connectivity index (χ3v) is 5.81. The predicted molar refractivity (Wildman–Crippen MR) is 109 cm³/mol. The number of hydrogen-bond acceptors (Lipinski definition) is 8. The van der Waals surface area contributed by atoms with E-state index in [1.54, 1.807) is 20.8 Å². The van der Waals surface area contributed by atoms with Crippen LogP contribution in [0.3, 0.4) is 0 Å². The van der Waals surface area contributed by atoms with E-state index in [9.17, 15) is 14.4 Å². The molecule has 1 unspecified atom stereocenters. The van der Waals surface area contributed by atoms with Gasteiger partial charge in [0.1, 0.15) is 18.3 Å². The fourth-order valence-electron chi connectivity index (χ4n) is 4.08. The minimum absolute atomic E-state index is 0.0563. The Kier molecular flexibility index (Phi) is 8.16. The summed E-state index contributed by atoms with van der Waals surface area (Å²) >= 11 is 0. The number of nitrogens with zero attached hydrogens (tertiary/aromatic N) is 1. The van der Waals surface area contributed by atoms with Crippen LogP contribution in [0.5, 0.6) is 0 Å². The lowest BCUT2D eigenvalue weighted by Gasteiger charge is -2.28. The molecule has 2 atom stereocenters. The zero-order chi connectivity index (χ0) is 22.4. The Morgan fingerprint density at radius 3 is 2.00 bits per heavy atom. The van der Waals surface area contributed by atoms with E-state index in [4.69, 9.17) is 23.7 Å². The van der Waals surface area contributed by atoms with Crippen molar-refractivity contribution in [3.05, 3.63) is 0 Å². The van der Waals surface area contributed by atoms with Crippen LogP contribution in [0.25, 0.3) is 0 Å². The van der Waals surface area contributed by atoms with Crippen molar-refractivity contribution in [2.45, 2.75) is 70.6 Å². The summed E-state index contributed by atoms with van der Waals surface area (Å²) in [5.74, 6) is -0.867. The minimum Gasteiger partial charge on any atom is -0.463 e. The van der Waals surface area contributed by atoms with Crippen molar-refractivity contribution in [2.75, 3.05) is 39.6 Å². The van der Waals surface area contributed by atoms with Crippen molar-refractivity contribution in [1.82, 2.24) is 4.90 Å². The average molecular weight is 442 g/mol. The van der Waals surface area contributed by atoms with Crippen molar-refractivity contribution < 1.29 is 38.1 Å². The molecular formula is C22H35NO8. The Labute approximate surface area is 183 Å². The highest BCUT2D eigenvalue weighted by atomic mass is 16.6. The van der Waals surface area contributed by atoms with Gasteiger partial charge < -0.3 is 23.7 Å². The van der Waals surface area contributed by atoms with E-state index in [2.05, 4.69) is 0 Å². The van der Waals surface area contributed by atoms with E-state index in [1.807, 2.05) is 0 Å². The number of hydrogen-bond donors (Lipinski definition) is 0. The molecule has 176 valence electrons. The third-order valence-electron chi connectivity index (χ3n) is 5.81. The molecule has 9 nitrogen and oxygen atoms in total. The molecule has 0 bridgehead atoms. The average Bonchev–Trinajstić information content (AvgIpc) is 3.15. The lowest BCUT2D eigenvalue weighted by Crippen LogP contribution is -2.42. The molecule has 3 heterocycles. The molecule has 0 saturated carbocycles.